The van der Waals surface area contributed by atoms with E-state index in [0.29, 0.717) is 0 Å². The summed E-state index contributed by atoms with van der Waals surface area (Å²) in [6.07, 6.45) is 6.67. The zero-order valence-electron chi connectivity index (χ0n) is 20.8. The van der Waals surface area contributed by atoms with Crippen molar-refractivity contribution in [2.75, 3.05) is 38.1 Å². The van der Waals surface area contributed by atoms with Crippen LogP contribution < -0.4 is 19.1 Å². The smallest absolute Gasteiger partial charge is 0.213 e. The van der Waals surface area contributed by atoms with Crippen LogP contribution in [0.4, 0.5) is 11.4 Å². The monoisotopic (exact) mass is 480 g/mol. The van der Waals surface area contributed by atoms with E-state index in [1.165, 1.54) is 43.3 Å². The first-order valence-corrected chi connectivity index (χ1v) is 12.4. The third-order valence-corrected chi connectivity index (χ3v) is 7.64. The highest BCUT2D eigenvalue weighted by Gasteiger charge is 2.23. The number of pyridine rings is 1. The number of methoxy groups -OCH3 is 1. The molecule has 0 spiro atoms. The molecule has 0 saturated carbocycles. The molecule has 176 valence electrons. The third-order valence-electron chi connectivity index (χ3n) is 6.47. The molecule has 0 aliphatic carbocycles. The Morgan fingerprint density at radius 3 is 2.46 bits per heavy atom. The van der Waals surface area contributed by atoms with Gasteiger partial charge in [0.05, 0.1) is 23.2 Å². The van der Waals surface area contributed by atoms with E-state index >= 15 is 0 Å². The highest BCUT2D eigenvalue weighted by atomic mass is 32.2. The molecular formula is C30H30N3OS+. The van der Waals surface area contributed by atoms with Crippen molar-refractivity contribution in [3.63, 3.8) is 0 Å². The molecule has 0 unspecified atom stereocenters. The summed E-state index contributed by atoms with van der Waals surface area (Å²) in [6.45, 7) is 0. The van der Waals surface area contributed by atoms with Crippen LogP contribution in [0.25, 0.3) is 29.1 Å². The van der Waals surface area contributed by atoms with Crippen LogP contribution in [0.1, 0.15) is 16.8 Å². The zero-order valence-corrected chi connectivity index (χ0v) is 21.6. The Hall–Kier alpha value is -3.70. The Bertz CT molecular complexity index is 1450. The Morgan fingerprint density at radius 1 is 0.943 bits per heavy atom. The molecule has 5 heteroatoms. The molecule has 4 nitrogen and oxygen atoms in total. The van der Waals surface area contributed by atoms with E-state index in [-0.39, 0.29) is 0 Å². The van der Waals surface area contributed by atoms with E-state index in [4.69, 9.17) is 4.74 Å². The minimum atomic E-state index is 0.876. The van der Waals surface area contributed by atoms with Gasteiger partial charge < -0.3 is 14.5 Å². The van der Waals surface area contributed by atoms with Crippen molar-refractivity contribution < 1.29 is 9.30 Å². The molecule has 5 rings (SSSR count). The molecule has 4 aromatic rings. The van der Waals surface area contributed by atoms with Crippen molar-refractivity contribution in [3.05, 3.63) is 94.6 Å². The molecule has 0 atom stereocenters. The fourth-order valence-corrected chi connectivity index (χ4v) is 5.44. The molecule has 35 heavy (non-hydrogen) atoms. The summed E-state index contributed by atoms with van der Waals surface area (Å²) in [5.74, 6) is 0.876. The first-order chi connectivity index (χ1) is 16.9. The summed E-state index contributed by atoms with van der Waals surface area (Å²) in [4.78, 5) is 5.60. The number of benzene rings is 3. The van der Waals surface area contributed by atoms with Gasteiger partial charge in [0.15, 0.2) is 0 Å². The molecule has 1 aliphatic rings. The van der Waals surface area contributed by atoms with Gasteiger partial charge in [0.1, 0.15) is 12.8 Å². The Labute approximate surface area is 211 Å². The van der Waals surface area contributed by atoms with Crippen LogP contribution in [0.2, 0.25) is 0 Å². The van der Waals surface area contributed by atoms with Crippen molar-refractivity contribution in [1.29, 1.82) is 0 Å². The second kappa shape index (κ2) is 9.51. The number of para-hydroxylation sites is 1. The number of nitrogens with zero attached hydrogens (tertiary/aromatic N) is 3. The number of hydrogen-bond donors (Lipinski definition) is 0. The quantitative estimate of drug-likeness (QED) is 0.306. The van der Waals surface area contributed by atoms with E-state index in [1.54, 1.807) is 18.9 Å². The molecule has 3 aromatic carbocycles. The summed E-state index contributed by atoms with van der Waals surface area (Å²) >= 11 is 1.79. The molecule has 1 aromatic heterocycles. The van der Waals surface area contributed by atoms with Crippen LogP contribution in [0.15, 0.2) is 82.7 Å². The van der Waals surface area contributed by atoms with Crippen LogP contribution in [-0.4, -0.2) is 28.3 Å². The van der Waals surface area contributed by atoms with Crippen LogP contribution >= 0.6 is 11.8 Å². The fourth-order valence-electron chi connectivity index (χ4n) is 4.36. The second-order valence-electron chi connectivity index (χ2n) is 8.90. The predicted octanol–water partition coefficient (Wildman–Crippen LogP) is 6.45. The predicted molar refractivity (Wildman–Crippen MR) is 150 cm³/mol. The minimum absolute atomic E-state index is 0.876. The van der Waals surface area contributed by atoms with E-state index in [9.17, 15) is 0 Å². The van der Waals surface area contributed by atoms with Crippen LogP contribution in [-0.2, 0) is 7.05 Å². The summed E-state index contributed by atoms with van der Waals surface area (Å²) in [5.41, 5.74) is 7.11. The molecule has 0 N–H and O–H groups in total. The number of aromatic nitrogens is 1. The Kier molecular flexibility index (Phi) is 6.27. The maximum atomic E-state index is 5.44. The Balaban J connectivity index is 1.54. The summed E-state index contributed by atoms with van der Waals surface area (Å²) < 4.78 is 7.70. The lowest BCUT2D eigenvalue weighted by molar-refractivity contribution is -0.646. The van der Waals surface area contributed by atoms with Crippen molar-refractivity contribution >= 4 is 52.3 Å². The number of thioether (sulfide) groups is 1. The number of aryl methyl sites for hydroxylation is 1. The van der Waals surface area contributed by atoms with Crippen LogP contribution in [0.5, 0.6) is 5.75 Å². The number of fused-ring (bicyclic) bond motifs is 2. The summed E-state index contributed by atoms with van der Waals surface area (Å²) in [6, 6.07) is 25.7. The van der Waals surface area contributed by atoms with Gasteiger partial charge in [-0.05, 0) is 53.6 Å². The largest absolute Gasteiger partial charge is 0.497 e. The topological polar surface area (TPSA) is 19.6 Å². The minimum Gasteiger partial charge on any atom is -0.497 e. The van der Waals surface area contributed by atoms with E-state index in [0.717, 1.165) is 11.4 Å². The lowest BCUT2D eigenvalue weighted by Gasteiger charge is -2.14. The summed E-state index contributed by atoms with van der Waals surface area (Å²) in [7, 11) is 10.1. The maximum Gasteiger partial charge on any atom is 0.213 e. The average Bonchev–Trinajstić information content (AvgIpc) is 3.19. The number of anilines is 2. The van der Waals surface area contributed by atoms with Crippen molar-refractivity contribution in [2.24, 2.45) is 7.05 Å². The van der Waals surface area contributed by atoms with Gasteiger partial charge in [0, 0.05) is 56.0 Å². The lowest BCUT2D eigenvalue weighted by Crippen LogP contribution is -2.33. The van der Waals surface area contributed by atoms with Crippen LogP contribution in [0, 0.1) is 0 Å². The van der Waals surface area contributed by atoms with Gasteiger partial charge in [0.25, 0.3) is 0 Å². The molecule has 0 radical (unpaired) electrons. The van der Waals surface area contributed by atoms with Crippen molar-refractivity contribution in [1.82, 2.24) is 0 Å². The maximum absolute atomic E-state index is 5.44. The molecule has 0 bridgehead atoms. The van der Waals surface area contributed by atoms with E-state index in [2.05, 4.69) is 128 Å². The van der Waals surface area contributed by atoms with Crippen LogP contribution in [0.3, 0.4) is 0 Å². The van der Waals surface area contributed by atoms with Gasteiger partial charge in [-0.2, -0.15) is 4.57 Å². The van der Waals surface area contributed by atoms with Crippen molar-refractivity contribution in [2.45, 2.75) is 4.90 Å². The molecule has 2 heterocycles. The highest BCUT2D eigenvalue weighted by Crippen LogP contribution is 2.47. The van der Waals surface area contributed by atoms with Gasteiger partial charge >= 0.3 is 0 Å². The number of hydrogen-bond acceptors (Lipinski definition) is 4. The van der Waals surface area contributed by atoms with Crippen molar-refractivity contribution in [3.8, 4) is 5.75 Å². The second-order valence-corrected chi connectivity index (χ2v) is 9.96. The number of rotatable bonds is 5. The Morgan fingerprint density at radius 2 is 1.71 bits per heavy atom. The third kappa shape index (κ3) is 4.52. The average molecular weight is 481 g/mol. The summed E-state index contributed by atoms with van der Waals surface area (Å²) in [5, 5.41) is 2.43. The number of ether oxygens (including phenoxy) is 1. The fraction of sp³-hybridized carbons (Fsp3) is 0.167. The highest BCUT2D eigenvalue weighted by molar-refractivity contribution is 8.03. The SMILES string of the molecule is COc1ccc2c(c1)N(C)/C(=C/c1cc(/C=C/c3ccc(N(C)C)cc3)[n+](C)c3ccccc13)S2. The first-order valence-electron chi connectivity index (χ1n) is 11.6. The molecular weight excluding hydrogens is 450 g/mol. The molecule has 1 aliphatic heterocycles. The molecule has 0 saturated heterocycles. The molecule has 0 amide bonds. The van der Waals surface area contributed by atoms with E-state index in [1.807, 2.05) is 6.07 Å². The first kappa shape index (κ1) is 23.1. The van der Waals surface area contributed by atoms with Gasteiger partial charge in [-0.3, -0.25) is 0 Å². The van der Waals surface area contributed by atoms with E-state index < -0.39 is 0 Å². The molecule has 0 fully saturated rings. The zero-order chi connectivity index (χ0) is 24.5. The lowest BCUT2D eigenvalue weighted by atomic mass is 10.1. The van der Waals surface area contributed by atoms with Gasteiger partial charge in [-0.1, -0.05) is 36.0 Å². The standard InChI is InChI=1S/C30H30N3OS/c1-31(2)23-13-10-21(11-14-23)12-15-24-18-22(26-8-6-7-9-27(26)32(24)3)19-30-33(4)28-20-25(34-5)16-17-29(28)35-30/h6-20H,1-5H3/q+1. The van der Waals surface area contributed by atoms with Gasteiger partial charge in [-0.15, -0.1) is 0 Å². The van der Waals surface area contributed by atoms with Gasteiger partial charge in [-0.25, -0.2) is 0 Å². The van der Waals surface area contributed by atoms with Gasteiger partial charge in [0.2, 0.25) is 11.2 Å². The normalized spacial score (nSPS) is 14.2.